The van der Waals surface area contributed by atoms with Crippen molar-refractivity contribution in [3.8, 4) is 0 Å². The quantitative estimate of drug-likeness (QED) is 0.465. The van der Waals surface area contributed by atoms with Crippen molar-refractivity contribution in [2.24, 2.45) is 0 Å². The molecule has 0 unspecified atom stereocenters. The number of benzene rings is 1. The summed E-state index contributed by atoms with van der Waals surface area (Å²) in [6, 6.07) is 7.81. The molecular formula is C18H20ClN7OS. The van der Waals surface area contributed by atoms with Crippen LogP contribution < -0.4 is 4.90 Å². The van der Waals surface area contributed by atoms with Crippen molar-refractivity contribution in [2.45, 2.75) is 18.5 Å². The van der Waals surface area contributed by atoms with E-state index in [1.165, 1.54) is 18.1 Å². The number of carbonyl (C=O) groups excluding carboxylic acids is 1. The van der Waals surface area contributed by atoms with E-state index in [9.17, 15) is 4.79 Å². The highest BCUT2D eigenvalue weighted by atomic mass is 35.5. The minimum Gasteiger partial charge on any atom is -0.368 e. The summed E-state index contributed by atoms with van der Waals surface area (Å²) in [5.74, 6) is 0.432. The molecule has 0 spiro atoms. The lowest BCUT2D eigenvalue weighted by Gasteiger charge is -2.36. The van der Waals surface area contributed by atoms with Gasteiger partial charge in [-0.15, -0.1) is 5.10 Å². The zero-order valence-corrected chi connectivity index (χ0v) is 17.0. The van der Waals surface area contributed by atoms with Crippen molar-refractivity contribution in [3.05, 3.63) is 35.6 Å². The molecule has 4 rings (SSSR count). The molecule has 0 aliphatic carbocycles. The molecule has 1 aromatic carbocycles. The maximum absolute atomic E-state index is 12.6. The summed E-state index contributed by atoms with van der Waals surface area (Å²) in [7, 11) is 0. The third kappa shape index (κ3) is 3.90. The summed E-state index contributed by atoms with van der Waals surface area (Å²) in [6.07, 6.45) is 1.50. The van der Waals surface area contributed by atoms with E-state index in [0.29, 0.717) is 41.6 Å². The Kier molecular flexibility index (Phi) is 5.63. The van der Waals surface area contributed by atoms with Gasteiger partial charge in [-0.3, -0.25) is 4.79 Å². The van der Waals surface area contributed by atoms with Crippen LogP contribution in [0.1, 0.15) is 6.92 Å². The monoisotopic (exact) mass is 417 g/mol. The van der Waals surface area contributed by atoms with Crippen LogP contribution in [0.4, 0.5) is 5.69 Å². The Morgan fingerprint density at radius 1 is 1.14 bits per heavy atom. The number of fused-ring (bicyclic) bond motifs is 1. The van der Waals surface area contributed by atoms with E-state index in [-0.39, 0.29) is 5.91 Å². The van der Waals surface area contributed by atoms with Crippen molar-refractivity contribution >= 4 is 46.1 Å². The number of anilines is 1. The highest BCUT2D eigenvalue weighted by molar-refractivity contribution is 8.00. The molecule has 28 heavy (non-hydrogen) atoms. The number of carbonyl (C=O) groups is 1. The van der Waals surface area contributed by atoms with Crippen molar-refractivity contribution < 1.29 is 4.79 Å². The molecular weight excluding hydrogens is 398 g/mol. The van der Waals surface area contributed by atoms with Gasteiger partial charge in [0, 0.05) is 43.4 Å². The van der Waals surface area contributed by atoms with Gasteiger partial charge in [-0.2, -0.15) is 0 Å². The predicted octanol–water partition coefficient (Wildman–Crippen LogP) is 2.34. The van der Waals surface area contributed by atoms with Crippen LogP contribution >= 0.6 is 23.4 Å². The summed E-state index contributed by atoms with van der Waals surface area (Å²) in [4.78, 5) is 25.3. The number of thioether (sulfide) groups is 1. The Morgan fingerprint density at radius 2 is 1.89 bits per heavy atom. The van der Waals surface area contributed by atoms with Crippen LogP contribution in [0, 0.1) is 0 Å². The van der Waals surface area contributed by atoms with Gasteiger partial charge in [-0.05, 0) is 31.2 Å². The fourth-order valence-electron chi connectivity index (χ4n) is 3.18. The van der Waals surface area contributed by atoms with Crippen LogP contribution in [0.2, 0.25) is 5.02 Å². The Labute approximate surface area is 171 Å². The third-order valence-electron chi connectivity index (χ3n) is 4.72. The predicted molar refractivity (Wildman–Crippen MR) is 110 cm³/mol. The maximum atomic E-state index is 12.6. The Morgan fingerprint density at radius 3 is 2.61 bits per heavy atom. The van der Waals surface area contributed by atoms with E-state index in [1.54, 1.807) is 4.68 Å². The first kappa shape index (κ1) is 18.9. The van der Waals surface area contributed by atoms with Gasteiger partial charge in [0.25, 0.3) is 0 Å². The fraction of sp³-hybridized carbons (Fsp3) is 0.389. The molecule has 1 fully saturated rings. The summed E-state index contributed by atoms with van der Waals surface area (Å²) >= 11 is 7.34. The lowest BCUT2D eigenvalue weighted by molar-refractivity contribution is -0.128. The molecule has 0 N–H and O–H groups in total. The van der Waals surface area contributed by atoms with Crippen molar-refractivity contribution in [1.29, 1.82) is 0 Å². The molecule has 1 aliphatic heterocycles. The summed E-state index contributed by atoms with van der Waals surface area (Å²) in [5.41, 5.74) is 2.48. The molecule has 0 bridgehead atoms. The number of aryl methyl sites for hydroxylation is 1. The van der Waals surface area contributed by atoms with Crippen LogP contribution in [-0.2, 0) is 11.3 Å². The van der Waals surface area contributed by atoms with Crippen molar-refractivity contribution in [1.82, 2.24) is 29.9 Å². The van der Waals surface area contributed by atoms with E-state index < -0.39 is 0 Å². The van der Waals surface area contributed by atoms with Gasteiger partial charge in [0.05, 0.1) is 5.75 Å². The number of hydrogen-bond acceptors (Lipinski definition) is 7. The van der Waals surface area contributed by atoms with E-state index in [0.717, 1.165) is 23.8 Å². The third-order valence-corrected chi connectivity index (χ3v) is 5.94. The van der Waals surface area contributed by atoms with Crippen LogP contribution in [0.25, 0.3) is 11.2 Å². The van der Waals surface area contributed by atoms with Crippen molar-refractivity contribution in [3.63, 3.8) is 0 Å². The lowest BCUT2D eigenvalue weighted by Crippen LogP contribution is -2.49. The Bertz CT molecular complexity index is 970. The molecule has 8 nitrogen and oxygen atoms in total. The van der Waals surface area contributed by atoms with E-state index >= 15 is 0 Å². The fourth-order valence-corrected chi connectivity index (χ4v) is 4.14. The van der Waals surface area contributed by atoms with Crippen LogP contribution in [0.15, 0.2) is 35.6 Å². The minimum absolute atomic E-state index is 0.107. The van der Waals surface area contributed by atoms with E-state index in [1.807, 2.05) is 36.1 Å². The van der Waals surface area contributed by atoms with E-state index in [4.69, 9.17) is 11.6 Å². The molecule has 3 heterocycles. The summed E-state index contributed by atoms with van der Waals surface area (Å²) < 4.78 is 1.72. The molecule has 3 aromatic rings. The molecule has 10 heteroatoms. The molecule has 146 valence electrons. The van der Waals surface area contributed by atoms with Gasteiger partial charge in [0.15, 0.2) is 11.2 Å². The average molecular weight is 418 g/mol. The average Bonchev–Trinajstić information content (AvgIpc) is 3.16. The van der Waals surface area contributed by atoms with Gasteiger partial charge in [0.2, 0.25) is 5.91 Å². The molecule has 0 saturated carbocycles. The number of hydrogen-bond donors (Lipinski definition) is 0. The highest BCUT2D eigenvalue weighted by Crippen LogP contribution is 2.24. The highest BCUT2D eigenvalue weighted by Gasteiger charge is 2.22. The molecule has 0 radical (unpaired) electrons. The second-order valence-corrected chi connectivity index (χ2v) is 7.79. The number of amides is 1. The van der Waals surface area contributed by atoms with Gasteiger partial charge in [-0.1, -0.05) is 28.6 Å². The van der Waals surface area contributed by atoms with E-state index in [2.05, 4.69) is 25.2 Å². The van der Waals surface area contributed by atoms with Gasteiger partial charge < -0.3 is 9.80 Å². The first-order chi connectivity index (χ1) is 13.7. The number of nitrogens with zero attached hydrogens (tertiary/aromatic N) is 7. The first-order valence-corrected chi connectivity index (χ1v) is 10.5. The largest absolute Gasteiger partial charge is 0.368 e. The van der Waals surface area contributed by atoms with Gasteiger partial charge >= 0.3 is 0 Å². The number of rotatable bonds is 5. The molecule has 0 atom stereocenters. The SMILES string of the molecule is CCn1nnc2c(SCC(=O)N3CCN(c4ccc(Cl)cc4)CC3)ncnc21. The second kappa shape index (κ2) is 8.32. The molecule has 1 aliphatic rings. The summed E-state index contributed by atoms with van der Waals surface area (Å²) in [5, 5.41) is 9.65. The zero-order valence-electron chi connectivity index (χ0n) is 15.5. The zero-order chi connectivity index (χ0) is 19.5. The topological polar surface area (TPSA) is 80.0 Å². The van der Waals surface area contributed by atoms with Crippen LogP contribution in [0.3, 0.4) is 0 Å². The Hall–Kier alpha value is -2.39. The molecule has 1 amide bonds. The van der Waals surface area contributed by atoms with Crippen LogP contribution in [-0.4, -0.2) is 67.7 Å². The summed E-state index contributed by atoms with van der Waals surface area (Å²) in [6.45, 7) is 5.69. The number of piperazine rings is 1. The molecule has 1 saturated heterocycles. The lowest BCUT2D eigenvalue weighted by atomic mass is 10.2. The standard InChI is InChI=1S/C18H20ClN7OS/c1-2-26-17-16(22-23-26)18(21-12-20-17)28-11-15(27)25-9-7-24(8-10-25)14-5-3-13(19)4-6-14/h3-6,12H,2,7-11H2,1H3. The minimum atomic E-state index is 0.107. The van der Waals surface area contributed by atoms with Gasteiger partial charge in [0.1, 0.15) is 11.4 Å². The molecule has 2 aromatic heterocycles. The number of halogens is 1. The first-order valence-electron chi connectivity index (χ1n) is 9.11. The number of aromatic nitrogens is 5. The maximum Gasteiger partial charge on any atom is 0.233 e. The van der Waals surface area contributed by atoms with Crippen LogP contribution in [0.5, 0.6) is 0 Å². The second-order valence-electron chi connectivity index (χ2n) is 6.39. The Balaban J connectivity index is 1.34. The van der Waals surface area contributed by atoms with Gasteiger partial charge in [-0.25, -0.2) is 14.6 Å². The smallest absolute Gasteiger partial charge is 0.233 e. The normalized spacial score (nSPS) is 14.6. The van der Waals surface area contributed by atoms with Crippen molar-refractivity contribution in [2.75, 3.05) is 36.8 Å².